The van der Waals surface area contributed by atoms with Crippen molar-refractivity contribution < 1.29 is 9.53 Å². The topological polar surface area (TPSA) is 52.1 Å². The number of rotatable bonds is 3. The van der Waals surface area contributed by atoms with Gasteiger partial charge in [-0.3, -0.25) is 4.98 Å². The van der Waals surface area contributed by atoms with Gasteiger partial charge in [-0.05, 0) is 19.1 Å². The third-order valence-corrected chi connectivity index (χ3v) is 2.55. The Labute approximate surface area is 110 Å². The lowest BCUT2D eigenvalue weighted by Gasteiger charge is -2.08. The minimum absolute atomic E-state index is 0.255. The maximum absolute atomic E-state index is 11.9. The zero-order chi connectivity index (χ0) is 13.0. The summed E-state index contributed by atoms with van der Waals surface area (Å²) in [5.41, 5.74) is 1.85. The van der Waals surface area contributed by atoms with E-state index in [4.69, 9.17) is 16.3 Å². The molecular weight excluding hydrogens is 252 g/mol. The van der Waals surface area contributed by atoms with Crippen LogP contribution in [0.4, 0.5) is 0 Å². The second-order valence-electron chi connectivity index (χ2n) is 3.51. The van der Waals surface area contributed by atoms with Crippen molar-refractivity contribution in [2.75, 3.05) is 6.61 Å². The van der Waals surface area contributed by atoms with Gasteiger partial charge in [0.1, 0.15) is 5.15 Å². The Hall–Kier alpha value is -1.94. The fourth-order valence-electron chi connectivity index (χ4n) is 1.56. The zero-order valence-electron chi connectivity index (χ0n) is 9.76. The van der Waals surface area contributed by atoms with Crippen LogP contribution in [0.2, 0.25) is 5.15 Å². The predicted molar refractivity (Wildman–Crippen MR) is 68.4 cm³/mol. The van der Waals surface area contributed by atoms with Crippen LogP contribution in [0.15, 0.2) is 36.8 Å². The van der Waals surface area contributed by atoms with Crippen molar-refractivity contribution in [3.63, 3.8) is 0 Å². The molecule has 0 aliphatic heterocycles. The summed E-state index contributed by atoms with van der Waals surface area (Å²) in [6.07, 6.45) is 4.87. The van der Waals surface area contributed by atoms with Crippen LogP contribution < -0.4 is 0 Å². The number of hydrogen-bond acceptors (Lipinski definition) is 4. The Morgan fingerprint density at radius 3 is 2.94 bits per heavy atom. The standard InChI is InChI=1S/C13H11ClN2O2/c1-2-18-13(17)10-6-12(14)16-8-11(10)9-4-3-5-15-7-9/h3-8H,2H2,1H3. The third-order valence-electron chi connectivity index (χ3n) is 2.34. The van der Waals surface area contributed by atoms with Gasteiger partial charge in [-0.15, -0.1) is 0 Å². The van der Waals surface area contributed by atoms with Crippen LogP contribution in [0, 0.1) is 0 Å². The lowest BCUT2D eigenvalue weighted by Crippen LogP contribution is -2.07. The summed E-state index contributed by atoms with van der Waals surface area (Å²) in [5.74, 6) is -0.416. The van der Waals surface area contributed by atoms with Gasteiger partial charge in [-0.2, -0.15) is 0 Å². The highest BCUT2D eigenvalue weighted by molar-refractivity contribution is 6.29. The average molecular weight is 263 g/mol. The molecule has 2 rings (SSSR count). The smallest absolute Gasteiger partial charge is 0.338 e. The molecule has 0 N–H and O–H groups in total. The summed E-state index contributed by atoms with van der Waals surface area (Å²) in [7, 11) is 0. The van der Waals surface area contributed by atoms with Gasteiger partial charge < -0.3 is 4.74 Å². The van der Waals surface area contributed by atoms with E-state index in [0.717, 1.165) is 5.56 Å². The maximum Gasteiger partial charge on any atom is 0.338 e. The summed E-state index contributed by atoms with van der Waals surface area (Å²) >= 11 is 5.81. The van der Waals surface area contributed by atoms with E-state index in [2.05, 4.69) is 9.97 Å². The van der Waals surface area contributed by atoms with E-state index >= 15 is 0 Å². The van der Waals surface area contributed by atoms with Crippen molar-refractivity contribution in [1.29, 1.82) is 0 Å². The lowest BCUT2D eigenvalue weighted by atomic mass is 10.0. The molecule has 0 spiro atoms. The van der Waals surface area contributed by atoms with Crippen LogP contribution in [-0.4, -0.2) is 22.5 Å². The Bertz CT molecular complexity index is 558. The highest BCUT2D eigenvalue weighted by atomic mass is 35.5. The van der Waals surface area contributed by atoms with Gasteiger partial charge in [0.2, 0.25) is 0 Å². The molecule has 0 fully saturated rings. The van der Waals surface area contributed by atoms with Gasteiger partial charge in [0.15, 0.2) is 0 Å². The number of carbonyl (C=O) groups excluding carboxylic acids is 1. The first kappa shape index (κ1) is 12.5. The molecule has 4 nitrogen and oxygen atoms in total. The number of carbonyl (C=O) groups is 1. The fraction of sp³-hybridized carbons (Fsp3) is 0.154. The molecule has 92 valence electrons. The summed E-state index contributed by atoms with van der Waals surface area (Å²) < 4.78 is 5.00. The first-order valence-corrected chi connectivity index (χ1v) is 5.83. The van der Waals surface area contributed by atoms with Crippen LogP contribution in [0.5, 0.6) is 0 Å². The number of hydrogen-bond donors (Lipinski definition) is 0. The van der Waals surface area contributed by atoms with Crippen molar-refractivity contribution in [3.05, 3.63) is 47.5 Å². The van der Waals surface area contributed by atoms with Crippen LogP contribution in [0.25, 0.3) is 11.1 Å². The molecule has 0 radical (unpaired) electrons. The van der Waals surface area contributed by atoms with Crippen LogP contribution >= 0.6 is 11.6 Å². The summed E-state index contributed by atoms with van der Waals surface area (Å²) in [4.78, 5) is 19.9. The SMILES string of the molecule is CCOC(=O)c1cc(Cl)ncc1-c1cccnc1. The van der Waals surface area contributed by atoms with Crippen LogP contribution in [0.1, 0.15) is 17.3 Å². The van der Waals surface area contributed by atoms with Crippen molar-refractivity contribution >= 4 is 17.6 Å². The number of ether oxygens (including phenoxy) is 1. The molecule has 0 saturated heterocycles. The minimum atomic E-state index is -0.416. The Morgan fingerprint density at radius 1 is 1.44 bits per heavy atom. The molecule has 0 aliphatic carbocycles. The highest BCUT2D eigenvalue weighted by Crippen LogP contribution is 2.24. The van der Waals surface area contributed by atoms with Crippen molar-refractivity contribution in [2.24, 2.45) is 0 Å². The molecule has 2 heterocycles. The number of pyridine rings is 2. The van der Waals surface area contributed by atoms with E-state index in [1.54, 1.807) is 31.6 Å². The quantitative estimate of drug-likeness (QED) is 0.630. The molecule has 2 aromatic rings. The molecule has 0 aromatic carbocycles. The van der Waals surface area contributed by atoms with E-state index in [1.165, 1.54) is 6.07 Å². The predicted octanol–water partition coefficient (Wildman–Crippen LogP) is 2.97. The van der Waals surface area contributed by atoms with Gasteiger partial charge in [0.25, 0.3) is 0 Å². The molecule has 0 bridgehead atoms. The molecule has 0 aliphatic rings. The zero-order valence-corrected chi connectivity index (χ0v) is 10.5. The second-order valence-corrected chi connectivity index (χ2v) is 3.90. The third kappa shape index (κ3) is 2.65. The van der Waals surface area contributed by atoms with Crippen molar-refractivity contribution in [2.45, 2.75) is 6.92 Å². The normalized spacial score (nSPS) is 10.1. The maximum atomic E-state index is 11.9. The molecule has 2 aromatic heterocycles. The summed E-state index contributed by atoms with van der Waals surface area (Å²) in [6.45, 7) is 2.07. The molecule has 0 atom stereocenters. The molecule has 0 amide bonds. The number of esters is 1. The van der Waals surface area contributed by atoms with E-state index in [1.807, 2.05) is 6.07 Å². The number of aromatic nitrogens is 2. The van der Waals surface area contributed by atoms with E-state index in [-0.39, 0.29) is 5.15 Å². The van der Waals surface area contributed by atoms with E-state index in [0.29, 0.717) is 17.7 Å². The van der Waals surface area contributed by atoms with E-state index < -0.39 is 5.97 Å². The molecular formula is C13H11ClN2O2. The van der Waals surface area contributed by atoms with Gasteiger partial charge in [-0.25, -0.2) is 9.78 Å². The number of nitrogens with zero attached hydrogens (tertiary/aromatic N) is 2. The van der Waals surface area contributed by atoms with Gasteiger partial charge in [0.05, 0.1) is 12.2 Å². The van der Waals surface area contributed by atoms with E-state index in [9.17, 15) is 4.79 Å². The first-order chi connectivity index (χ1) is 8.72. The Balaban J connectivity index is 2.51. The van der Waals surface area contributed by atoms with Crippen molar-refractivity contribution in [3.8, 4) is 11.1 Å². The van der Waals surface area contributed by atoms with Crippen LogP contribution in [-0.2, 0) is 4.74 Å². The average Bonchev–Trinajstić information content (AvgIpc) is 2.40. The van der Waals surface area contributed by atoms with Crippen LogP contribution in [0.3, 0.4) is 0 Å². The highest BCUT2D eigenvalue weighted by Gasteiger charge is 2.15. The fourth-order valence-corrected chi connectivity index (χ4v) is 1.72. The minimum Gasteiger partial charge on any atom is -0.462 e. The summed E-state index contributed by atoms with van der Waals surface area (Å²) in [6, 6.07) is 5.14. The lowest BCUT2D eigenvalue weighted by molar-refractivity contribution is 0.0527. The Morgan fingerprint density at radius 2 is 2.28 bits per heavy atom. The largest absolute Gasteiger partial charge is 0.462 e. The Kier molecular flexibility index (Phi) is 3.89. The molecule has 0 saturated carbocycles. The molecule has 0 unspecified atom stereocenters. The monoisotopic (exact) mass is 262 g/mol. The summed E-state index contributed by atoms with van der Waals surface area (Å²) in [5, 5.41) is 0.255. The first-order valence-electron chi connectivity index (χ1n) is 5.45. The molecule has 18 heavy (non-hydrogen) atoms. The van der Waals surface area contributed by atoms with Gasteiger partial charge in [0, 0.05) is 29.7 Å². The van der Waals surface area contributed by atoms with Crippen molar-refractivity contribution in [1.82, 2.24) is 9.97 Å². The second kappa shape index (κ2) is 5.60. The van der Waals surface area contributed by atoms with Gasteiger partial charge >= 0.3 is 5.97 Å². The van der Waals surface area contributed by atoms with Gasteiger partial charge in [-0.1, -0.05) is 17.7 Å². The number of halogens is 1. The molecule has 5 heteroatoms.